The van der Waals surface area contributed by atoms with Gasteiger partial charge in [0.25, 0.3) is 5.91 Å². The van der Waals surface area contributed by atoms with Crippen molar-refractivity contribution in [2.75, 3.05) is 26.3 Å². The Labute approximate surface area is 215 Å². The number of carbonyl (C=O) groups is 1. The molecule has 0 N–H and O–H groups in total. The van der Waals surface area contributed by atoms with E-state index < -0.39 is 0 Å². The summed E-state index contributed by atoms with van der Waals surface area (Å²) in [6, 6.07) is 29.5. The van der Waals surface area contributed by atoms with Crippen LogP contribution in [0.2, 0.25) is 0 Å². The van der Waals surface area contributed by atoms with Crippen LogP contribution in [0, 0.1) is 11.3 Å². The zero-order valence-corrected chi connectivity index (χ0v) is 20.3. The molecule has 1 aliphatic heterocycles. The van der Waals surface area contributed by atoms with Gasteiger partial charge >= 0.3 is 0 Å². The molecule has 0 aliphatic carbocycles. The monoisotopic (exact) mass is 490 g/mol. The molecule has 7 nitrogen and oxygen atoms in total. The molecule has 0 spiro atoms. The molecule has 184 valence electrons. The molecule has 2 heterocycles. The second-order valence-electron chi connectivity index (χ2n) is 8.59. The maximum atomic E-state index is 13.1. The minimum absolute atomic E-state index is 0.0623. The fraction of sp³-hybridized carbons (Fsp3) is 0.167. The van der Waals surface area contributed by atoms with Crippen LogP contribution < -0.4 is 4.74 Å². The van der Waals surface area contributed by atoms with E-state index in [-0.39, 0.29) is 11.5 Å². The highest BCUT2D eigenvalue weighted by Crippen LogP contribution is 2.29. The van der Waals surface area contributed by atoms with Gasteiger partial charge in [-0.05, 0) is 35.9 Å². The van der Waals surface area contributed by atoms with Crippen LogP contribution in [0.5, 0.6) is 5.75 Å². The van der Waals surface area contributed by atoms with Crippen LogP contribution >= 0.6 is 0 Å². The molecule has 0 saturated carbocycles. The van der Waals surface area contributed by atoms with E-state index in [9.17, 15) is 10.1 Å². The number of nitrogens with zero attached hydrogens (tertiary/aromatic N) is 4. The fourth-order valence-electron chi connectivity index (χ4n) is 4.14. The van der Waals surface area contributed by atoms with Gasteiger partial charge in [-0.3, -0.25) is 4.79 Å². The molecular formula is C30H26N4O3. The number of carbonyl (C=O) groups excluding carboxylic acids is 1. The molecule has 3 aromatic carbocycles. The van der Waals surface area contributed by atoms with E-state index in [1.165, 1.54) is 0 Å². The maximum Gasteiger partial charge on any atom is 0.264 e. The molecule has 1 fully saturated rings. The molecule has 0 atom stereocenters. The van der Waals surface area contributed by atoms with E-state index >= 15 is 0 Å². The normalized spacial score (nSPS) is 13.7. The smallest absolute Gasteiger partial charge is 0.264 e. The van der Waals surface area contributed by atoms with E-state index in [2.05, 4.69) is 6.07 Å². The van der Waals surface area contributed by atoms with Crippen molar-refractivity contribution in [2.45, 2.75) is 6.61 Å². The Bertz CT molecular complexity index is 1430. The standard InChI is InChI=1S/C30H26N4O3/c31-20-25(30(35)33-14-16-36-17-15-33)18-26-21-34(27-11-5-2-6-12-27)32-29(26)24-10-7-13-28(19-24)37-22-23-8-3-1-4-9-23/h1-13,18-19,21H,14-17,22H2. The minimum atomic E-state index is -0.302. The van der Waals surface area contributed by atoms with Crippen molar-refractivity contribution >= 4 is 12.0 Å². The highest BCUT2D eigenvalue weighted by molar-refractivity contribution is 6.02. The number of hydrogen-bond donors (Lipinski definition) is 0. The first-order valence-corrected chi connectivity index (χ1v) is 12.1. The topological polar surface area (TPSA) is 80.4 Å². The van der Waals surface area contributed by atoms with Gasteiger partial charge in [0.2, 0.25) is 0 Å². The molecule has 1 saturated heterocycles. The van der Waals surface area contributed by atoms with Crippen molar-refractivity contribution in [1.82, 2.24) is 14.7 Å². The number of nitriles is 1. The van der Waals surface area contributed by atoms with Crippen LogP contribution in [0.1, 0.15) is 11.1 Å². The lowest BCUT2D eigenvalue weighted by Crippen LogP contribution is -2.41. The van der Waals surface area contributed by atoms with Crippen LogP contribution in [0.4, 0.5) is 0 Å². The van der Waals surface area contributed by atoms with Gasteiger partial charge in [-0.25, -0.2) is 4.68 Å². The molecule has 4 aromatic rings. The largest absolute Gasteiger partial charge is 0.489 e. The lowest BCUT2D eigenvalue weighted by Gasteiger charge is -2.26. The lowest BCUT2D eigenvalue weighted by atomic mass is 10.1. The number of morpholine rings is 1. The van der Waals surface area contributed by atoms with Crippen molar-refractivity contribution in [1.29, 1.82) is 5.26 Å². The van der Waals surface area contributed by atoms with E-state index in [4.69, 9.17) is 14.6 Å². The third kappa shape index (κ3) is 5.77. The summed E-state index contributed by atoms with van der Waals surface area (Å²) < 4.78 is 13.1. The second-order valence-corrected chi connectivity index (χ2v) is 8.59. The molecule has 5 rings (SSSR count). The summed E-state index contributed by atoms with van der Waals surface area (Å²) in [6.45, 7) is 2.32. The summed E-state index contributed by atoms with van der Waals surface area (Å²) in [5, 5.41) is 14.7. The summed E-state index contributed by atoms with van der Waals surface area (Å²) in [7, 11) is 0. The fourth-order valence-corrected chi connectivity index (χ4v) is 4.14. The first-order chi connectivity index (χ1) is 18.2. The molecule has 1 aliphatic rings. The van der Waals surface area contributed by atoms with Crippen molar-refractivity contribution < 1.29 is 14.3 Å². The van der Waals surface area contributed by atoms with E-state index in [0.29, 0.717) is 49.9 Å². The molecule has 1 amide bonds. The van der Waals surface area contributed by atoms with Crippen LogP contribution in [0.15, 0.2) is 96.7 Å². The molecule has 37 heavy (non-hydrogen) atoms. The number of benzene rings is 3. The maximum absolute atomic E-state index is 13.1. The predicted molar refractivity (Wildman–Crippen MR) is 141 cm³/mol. The zero-order valence-electron chi connectivity index (χ0n) is 20.3. The third-order valence-corrected chi connectivity index (χ3v) is 6.07. The van der Waals surface area contributed by atoms with Crippen LogP contribution in [-0.4, -0.2) is 46.9 Å². The highest BCUT2D eigenvalue weighted by Gasteiger charge is 2.22. The summed E-state index contributed by atoms with van der Waals surface area (Å²) >= 11 is 0. The summed E-state index contributed by atoms with van der Waals surface area (Å²) in [5.74, 6) is 0.402. The molecule has 7 heteroatoms. The van der Waals surface area contributed by atoms with Gasteiger partial charge in [-0.2, -0.15) is 10.4 Å². The van der Waals surface area contributed by atoms with Crippen LogP contribution in [-0.2, 0) is 16.1 Å². The van der Waals surface area contributed by atoms with Gasteiger partial charge in [0.1, 0.15) is 29.7 Å². The first-order valence-electron chi connectivity index (χ1n) is 12.1. The van der Waals surface area contributed by atoms with Gasteiger partial charge < -0.3 is 14.4 Å². The van der Waals surface area contributed by atoms with Gasteiger partial charge in [-0.15, -0.1) is 0 Å². The summed E-state index contributed by atoms with van der Waals surface area (Å²) in [5.41, 5.74) is 4.15. The SMILES string of the molecule is N#CC(=Cc1cn(-c2ccccc2)nc1-c1cccc(OCc2ccccc2)c1)C(=O)N1CCOCC1. The number of amides is 1. The van der Waals surface area contributed by atoms with Gasteiger partial charge in [0, 0.05) is 30.4 Å². The Hall–Kier alpha value is -4.67. The molecular weight excluding hydrogens is 464 g/mol. The average molecular weight is 491 g/mol. The number of ether oxygens (including phenoxy) is 2. The van der Waals surface area contributed by atoms with Crippen molar-refractivity contribution in [3.05, 3.63) is 108 Å². The van der Waals surface area contributed by atoms with Gasteiger partial charge in [0.15, 0.2) is 0 Å². The highest BCUT2D eigenvalue weighted by atomic mass is 16.5. The van der Waals surface area contributed by atoms with E-state index in [0.717, 1.165) is 16.8 Å². The van der Waals surface area contributed by atoms with Crippen LogP contribution in [0.3, 0.4) is 0 Å². The molecule has 0 bridgehead atoms. The molecule has 0 unspecified atom stereocenters. The molecule has 0 radical (unpaired) electrons. The number of aromatic nitrogens is 2. The Kier molecular flexibility index (Phi) is 7.39. The molecule has 1 aromatic heterocycles. The second kappa shape index (κ2) is 11.4. The number of para-hydroxylation sites is 1. The van der Waals surface area contributed by atoms with Crippen molar-refractivity contribution in [2.24, 2.45) is 0 Å². The Morgan fingerprint density at radius 2 is 1.73 bits per heavy atom. The van der Waals surface area contributed by atoms with Crippen molar-refractivity contribution in [3.8, 4) is 28.8 Å². The van der Waals surface area contributed by atoms with Gasteiger partial charge in [0.05, 0.1) is 18.9 Å². The van der Waals surface area contributed by atoms with Crippen molar-refractivity contribution in [3.63, 3.8) is 0 Å². The number of rotatable bonds is 7. The Morgan fingerprint density at radius 1 is 1.00 bits per heavy atom. The zero-order chi connectivity index (χ0) is 25.5. The summed E-state index contributed by atoms with van der Waals surface area (Å²) in [4.78, 5) is 14.7. The van der Waals surface area contributed by atoms with E-state index in [1.54, 1.807) is 15.7 Å². The number of hydrogen-bond acceptors (Lipinski definition) is 5. The predicted octanol–water partition coefficient (Wildman–Crippen LogP) is 4.88. The Balaban J connectivity index is 1.50. The lowest BCUT2D eigenvalue weighted by molar-refractivity contribution is -0.130. The van der Waals surface area contributed by atoms with E-state index in [1.807, 2.05) is 91.1 Å². The summed E-state index contributed by atoms with van der Waals surface area (Å²) in [6.07, 6.45) is 3.46. The third-order valence-electron chi connectivity index (χ3n) is 6.07. The van der Waals surface area contributed by atoms with Gasteiger partial charge in [-0.1, -0.05) is 60.7 Å². The minimum Gasteiger partial charge on any atom is -0.489 e. The quantitative estimate of drug-likeness (QED) is 0.272. The Morgan fingerprint density at radius 3 is 2.46 bits per heavy atom. The first kappa shape index (κ1) is 24.0. The average Bonchev–Trinajstić information content (AvgIpc) is 3.40. The van der Waals surface area contributed by atoms with Crippen LogP contribution in [0.25, 0.3) is 23.0 Å².